The molecule has 0 saturated heterocycles. The number of alkyl halides is 1. The fraction of sp³-hybridized carbons (Fsp3) is 0.500. The van der Waals surface area contributed by atoms with Crippen molar-refractivity contribution >= 4 is 77.1 Å². The molecule has 0 heterocycles. The number of ketones is 1. The Hall–Kier alpha value is -3.09. The maximum absolute atomic E-state index is 13.3. The Morgan fingerprint density at radius 3 is 1.48 bits per heavy atom. The molecule has 0 aromatic heterocycles. The summed E-state index contributed by atoms with van der Waals surface area (Å²) in [7, 11) is 5.33. The minimum atomic E-state index is -0.891. The van der Waals surface area contributed by atoms with Gasteiger partial charge in [0.2, 0.25) is 23.4 Å². The van der Waals surface area contributed by atoms with E-state index in [2.05, 4.69) is 31.0 Å². The predicted molar refractivity (Wildman–Crippen MR) is 241 cm³/mol. The zero-order valence-corrected chi connectivity index (χ0v) is 44.6. The van der Waals surface area contributed by atoms with E-state index in [0.717, 1.165) is 120 Å². The number of aliphatic carboxylic acids is 1. The Balaban J connectivity index is -0.000000801. The summed E-state index contributed by atoms with van der Waals surface area (Å²) < 4.78 is 44.3. The molecule has 15 nitrogen and oxygen atoms in total. The van der Waals surface area contributed by atoms with Crippen molar-refractivity contribution < 1.29 is 110 Å². The van der Waals surface area contributed by atoms with Gasteiger partial charge in [-0.2, -0.15) is 13.2 Å². The second-order valence-corrected chi connectivity index (χ2v) is 14.8. The van der Waals surface area contributed by atoms with Crippen LogP contribution in [0.4, 0.5) is 41.6 Å². The molecule has 22 heteroatoms. The SMILES string of the molecule is CI.CN(C(=O)C1CCCCC1)c1ccc(F)c([N+](=O)[O-])c1.Nc1ccc(F)c([N+](=O)[O-])c1.O=C(Cc1ccc(F)c([N+](=O)[O-])c1)C1CCCCC1.O=C(O)C1CCCCC1.[3H][B].[H-].[Na+].[U]. The third-order valence-corrected chi connectivity index (χ3v) is 10.6. The molecule has 2 radical (unpaired) electrons. The van der Waals surface area contributed by atoms with Crippen LogP contribution in [0.1, 0.15) is 103 Å². The molecule has 0 bridgehead atoms. The van der Waals surface area contributed by atoms with Crippen LogP contribution < -0.4 is 40.2 Å². The number of rotatable bonds is 9. The fourth-order valence-corrected chi connectivity index (χ4v) is 7.20. The first-order chi connectivity index (χ1) is 30.0. The Labute approximate surface area is 435 Å². The molecule has 6 rings (SSSR count). The molecule has 344 valence electrons. The minimum Gasteiger partial charge on any atom is -1.00 e. The average molecular weight is 1250 g/mol. The largest absolute Gasteiger partial charge is 1.00 e. The number of hydrogen-bond donors (Lipinski definition) is 2. The van der Waals surface area contributed by atoms with Crippen molar-refractivity contribution in [3.63, 3.8) is 0 Å². The third kappa shape index (κ3) is 21.5. The van der Waals surface area contributed by atoms with E-state index in [0.29, 0.717) is 11.3 Å². The number of anilines is 2. The van der Waals surface area contributed by atoms with Gasteiger partial charge in [0.1, 0.15) is 5.78 Å². The van der Waals surface area contributed by atoms with Gasteiger partial charge in [-0.25, -0.2) is 0 Å². The molecule has 3 saturated carbocycles. The van der Waals surface area contributed by atoms with Crippen LogP contribution in [0.15, 0.2) is 54.6 Å². The number of nitrogen functional groups attached to an aromatic ring is 1. The van der Waals surface area contributed by atoms with Crippen LogP contribution in [0.3, 0.4) is 0 Å². The molecule has 1 amide bonds. The van der Waals surface area contributed by atoms with Crippen molar-refractivity contribution in [2.24, 2.45) is 17.8 Å². The summed E-state index contributed by atoms with van der Waals surface area (Å²) in [6, 6.07) is 10.4. The maximum atomic E-state index is 13.3. The van der Waals surface area contributed by atoms with Crippen molar-refractivity contribution in [1.29, 1.82) is 1.34 Å². The van der Waals surface area contributed by atoms with E-state index in [4.69, 9.17) is 12.2 Å². The summed E-state index contributed by atoms with van der Waals surface area (Å²) >= 11 is 2.15. The number of nitro groups is 3. The smallest absolute Gasteiger partial charge is 1.00 e. The molecule has 0 atom stereocenters. The van der Waals surface area contributed by atoms with Crippen LogP contribution >= 0.6 is 22.6 Å². The van der Waals surface area contributed by atoms with E-state index in [-0.39, 0.29) is 104 Å². The van der Waals surface area contributed by atoms with Gasteiger partial charge in [0.05, 0.1) is 26.4 Å². The Bertz CT molecular complexity index is 1990. The topological polar surface area (TPSA) is 230 Å². The molecular weight excluding hydrogens is 1190 g/mol. The molecule has 3 N–H and O–H groups in total. The molecule has 64 heavy (non-hydrogen) atoms. The number of nitro benzene ring substituents is 3. The van der Waals surface area contributed by atoms with Gasteiger partial charge in [-0.1, -0.05) is 86.4 Å². The molecule has 3 aliphatic carbocycles. The number of benzene rings is 3. The van der Waals surface area contributed by atoms with Gasteiger partial charge in [-0.05, 0) is 80.7 Å². The van der Waals surface area contributed by atoms with Crippen molar-refractivity contribution in [3.8, 4) is 0 Å². The Kier molecular flexibility index (Phi) is 31.8. The van der Waals surface area contributed by atoms with E-state index in [1.54, 1.807) is 7.05 Å². The molecule has 3 aromatic rings. The van der Waals surface area contributed by atoms with Crippen LogP contribution in [0, 0.1) is 96.7 Å². The van der Waals surface area contributed by atoms with Gasteiger partial charge in [0, 0.05) is 88.7 Å². The molecule has 3 aromatic carbocycles. The van der Waals surface area contributed by atoms with Gasteiger partial charge < -0.3 is 17.2 Å². The van der Waals surface area contributed by atoms with Crippen LogP contribution in [0.2, 0.25) is 0 Å². The van der Waals surface area contributed by atoms with E-state index < -0.39 is 55.3 Å². The van der Waals surface area contributed by atoms with Crippen molar-refractivity contribution in [1.82, 2.24) is 0 Å². The van der Waals surface area contributed by atoms with E-state index >= 15 is 0 Å². The minimum absolute atomic E-state index is 0. The second-order valence-electron chi connectivity index (χ2n) is 14.8. The molecule has 0 unspecified atom stereocenters. The summed E-state index contributed by atoms with van der Waals surface area (Å²) in [5, 5.41) is 40.0. The van der Waals surface area contributed by atoms with Crippen molar-refractivity contribution in [3.05, 3.63) is 108 Å². The van der Waals surface area contributed by atoms with E-state index in [9.17, 15) is 57.9 Å². The van der Waals surface area contributed by atoms with Gasteiger partial charge in [0.15, 0.2) is 0 Å². The predicted octanol–water partition coefficient (Wildman–Crippen LogP) is 7.19. The number of halogens is 4. The number of carboxylic acids is 1. The zero-order valence-electron chi connectivity index (χ0n) is 38.3. The Morgan fingerprint density at radius 2 is 1.08 bits per heavy atom. The van der Waals surface area contributed by atoms with Crippen LogP contribution in [-0.4, -0.2) is 59.2 Å². The summed E-state index contributed by atoms with van der Waals surface area (Å²) in [6.07, 6.45) is 15.4. The number of carbonyl (C=O) groups is 3. The van der Waals surface area contributed by atoms with Crippen LogP contribution in [0.25, 0.3) is 0 Å². The van der Waals surface area contributed by atoms with Gasteiger partial charge in [-0.3, -0.25) is 44.7 Å². The van der Waals surface area contributed by atoms with E-state index in [1.807, 2.05) is 4.93 Å². The molecule has 0 aliphatic heterocycles. The van der Waals surface area contributed by atoms with Crippen molar-refractivity contribution in [2.75, 3.05) is 22.6 Å². The summed E-state index contributed by atoms with van der Waals surface area (Å²) in [5.74, 6) is -3.16. The first-order valence-electron chi connectivity index (χ1n) is 20.5. The summed E-state index contributed by atoms with van der Waals surface area (Å²) in [5.41, 5.74) is 4.49. The van der Waals surface area contributed by atoms with Gasteiger partial charge in [0.25, 0.3) is 0 Å². The number of Topliss-reactive ketones (excluding diaryl/α,β-unsaturated/α-hetero) is 1. The second kappa shape index (κ2) is 33.4. The quantitative estimate of drug-likeness (QED) is 0.0544. The number of amides is 1. The summed E-state index contributed by atoms with van der Waals surface area (Å²) in [4.78, 5) is 67.2. The average Bonchev–Trinajstić information content (AvgIpc) is 3.30. The van der Waals surface area contributed by atoms with Crippen LogP contribution in [0.5, 0.6) is 0 Å². The molecular formula is C42H55BF3IN5NaO10U. The number of nitrogens with two attached hydrogens (primary N) is 1. The molecule has 3 aliphatic rings. The number of hydrogen-bond acceptors (Lipinski definition) is 10. The van der Waals surface area contributed by atoms with E-state index in [1.165, 1.54) is 35.9 Å². The Morgan fingerprint density at radius 1 is 0.703 bits per heavy atom. The summed E-state index contributed by atoms with van der Waals surface area (Å²) in [6.45, 7) is 0. The number of carboxylic acid groups (broad SMARTS) is 1. The third-order valence-electron chi connectivity index (χ3n) is 10.6. The first-order valence-corrected chi connectivity index (χ1v) is 22.1. The molecule has 0 spiro atoms. The number of nitrogens with zero attached hydrogens (tertiary/aromatic N) is 4. The van der Waals surface area contributed by atoms with Crippen molar-refractivity contribution in [2.45, 2.75) is 103 Å². The first kappa shape index (κ1) is 60.9. The maximum Gasteiger partial charge on any atom is 1.00 e. The normalized spacial score (nSPS) is 14.7. The van der Waals surface area contributed by atoms with Gasteiger partial charge >= 0.3 is 52.6 Å². The van der Waals surface area contributed by atoms with Gasteiger partial charge in [-0.15, -0.1) is 0 Å². The zero-order chi connectivity index (χ0) is 47.6. The standard InChI is InChI=1S/C14H17FN2O3.C14H16FNO3.C7H12O2.C6H5FN2O2.CH3I.BH.Na.U.H/c1-16(14(18)10-5-3-2-4-6-10)11-7-8-12(15)13(9-11)17(19)20;15-12-7-6-10(8-13(12)16(18)19)9-14(17)11-4-2-1-3-5-11;8-7(9)6-4-2-1-3-5-6;7-5-2-1-4(8)3-6(5)9(10)11;1-2;;;;/h7-10H,2-6H2,1H3;6-8,11H,1-5,9H2;6H,1-5H2,(H,8,9);1-3H,8H2;1H3;1H;;;/q;;;;;;+1;;-1/i;;;;;1T;;;. The van der Waals surface area contributed by atoms with Crippen LogP contribution in [-0.2, 0) is 20.8 Å². The monoisotopic (exact) mass is 1250 g/mol. The number of carbonyl (C=O) groups excluding carboxylic acids is 2. The molecule has 3 fully saturated rings. The fourth-order valence-electron chi connectivity index (χ4n) is 7.20.